The van der Waals surface area contributed by atoms with Crippen molar-refractivity contribution in [1.29, 1.82) is 0 Å². The van der Waals surface area contributed by atoms with Gasteiger partial charge in [0.15, 0.2) is 28.8 Å². The van der Waals surface area contributed by atoms with Crippen molar-refractivity contribution in [3.05, 3.63) is 89.3 Å². The summed E-state index contributed by atoms with van der Waals surface area (Å²) in [5.41, 5.74) is 2.69. The average molecular weight is 638 g/mol. The number of rotatable bonds is 13. The van der Waals surface area contributed by atoms with Gasteiger partial charge in [0.2, 0.25) is 0 Å². The van der Waals surface area contributed by atoms with Crippen molar-refractivity contribution in [1.82, 2.24) is 19.9 Å². The molecule has 1 N–H and O–H groups in total. The average Bonchev–Trinajstić information content (AvgIpc) is 3.74. The lowest BCUT2D eigenvalue weighted by Crippen LogP contribution is -2.35. The van der Waals surface area contributed by atoms with Crippen LogP contribution < -0.4 is 18.9 Å². The number of ether oxygens (including phenoxy) is 4. The fourth-order valence-corrected chi connectivity index (χ4v) is 5.55. The number of aryl methyl sites for hydroxylation is 1. The molecule has 0 aliphatic carbocycles. The quantitative estimate of drug-likeness (QED) is 0.118. The highest BCUT2D eigenvalue weighted by Crippen LogP contribution is 2.38. The van der Waals surface area contributed by atoms with Gasteiger partial charge in [0.05, 0.1) is 49.9 Å². The number of carbonyl (C=O) groups excluding carboxylic acids is 2. The molecule has 0 bridgehead atoms. The van der Waals surface area contributed by atoms with Gasteiger partial charge in [0.1, 0.15) is 18.1 Å². The standard InChI is InChI=1S/C35H35N5O7/c1-44-32-17-23(10-12-30(42)26-8-3-4-9-29(26)41)11-13-31(32)46-16-6-14-39-21-24(37-38-39)22-47-34-19-28-27(18-33(34)45-2)35(43)40-15-5-7-25(40)20-36-28/h3-4,8-13,17-21,25,41H,5-7,14-16,22H2,1-2H3/b12-10+/t25-/m0/s1. The number of methoxy groups -OCH3 is 2. The number of amides is 1. The maximum atomic E-state index is 13.1. The van der Waals surface area contributed by atoms with Crippen LogP contribution in [0.2, 0.25) is 0 Å². The van der Waals surface area contributed by atoms with Gasteiger partial charge in [0, 0.05) is 31.8 Å². The third-order valence-corrected chi connectivity index (χ3v) is 7.99. The molecule has 0 spiro atoms. The predicted molar refractivity (Wildman–Crippen MR) is 174 cm³/mol. The van der Waals surface area contributed by atoms with E-state index >= 15 is 0 Å². The maximum absolute atomic E-state index is 13.1. The van der Waals surface area contributed by atoms with Crippen molar-refractivity contribution in [2.24, 2.45) is 4.99 Å². The number of aromatic hydroxyl groups is 1. The van der Waals surface area contributed by atoms with Gasteiger partial charge in [-0.1, -0.05) is 29.5 Å². The van der Waals surface area contributed by atoms with Crippen molar-refractivity contribution in [3.63, 3.8) is 0 Å². The minimum atomic E-state index is -0.299. The molecule has 242 valence electrons. The number of allylic oxidation sites excluding steroid dienone is 1. The number of fused-ring (bicyclic) bond motifs is 2. The van der Waals surface area contributed by atoms with Crippen LogP contribution in [0.15, 0.2) is 71.9 Å². The molecule has 0 radical (unpaired) electrons. The smallest absolute Gasteiger partial charge is 0.256 e. The SMILES string of the molecule is COc1cc(/C=C/C(=O)c2ccccc2O)ccc1OCCCn1cc(COc2cc3c(cc2OC)C(=O)N2CCC[C@H]2C=N3)nn1. The lowest BCUT2D eigenvalue weighted by Gasteiger charge is -2.20. The van der Waals surface area contributed by atoms with Gasteiger partial charge in [-0.2, -0.15) is 0 Å². The molecule has 4 aromatic rings. The molecule has 6 rings (SSSR count). The summed E-state index contributed by atoms with van der Waals surface area (Å²) in [6.45, 7) is 1.87. The molecule has 1 fully saturated rings. The van der Waals surface area contributed by atoms with Crippen LogP contribution in [0, 0.1) is 0 Å². The molecule has 12 heteroatoms. The molecule has 1 aromatic heterocycles. The summed E-state index contributed by atoms with van der Waals surface area (Å²) in [7, 11) is 3.10. The minimum Gasteiger partial charge on any atom is -0.507 e. The molecule has 0 saturated carbocycles. The van der Waals surface area contributed by atoms with Crippen molar-refractivity contribution in [3.8, 4) is 28.7 Å². The lowest BCUT2D eigenvalue weighted by atomic mass is 10.1. The number of phenols is 1. The molecular weight excluding hydrogens is 602 g/mol. The van der Waals surface area contributed by atoms with Gasteiger partial charge >= 0.3 is 0 Å². The maximum Gasteiger partial charge on any atom is 0.256 e. The fourth-order valence-electron chi connectivity index (χ4n) is 5.55. The van der Waals surface area contributed by atoms with Crippen LogP contribution in [0.3, 0.4) is 0 Å². The van der Waals surface area contributed by atoms with Crippen molar-refractivity contribution >= 4 is 29.7 Å². The predicted octanol–water partition coefficient (Wildman–Crippen LogP) is 5.27. The Hall–Kier alpha value is -5.65. The Balaban J connectivity index is 1.00. The van der Waals surface area contributed by atoms with E-state index < -0.39 is 0 Å². The number of phenolic OH excluding ortho intramolecular Hbond substituents is 1. The second-order valence-electron chi connectivity index (χ2n) is 11.1. The van der Waals surface area contributed by atoms with Crippen LogP contribution in [0.5, 0.6) is 28.7 Å². The van der Waals surface area contributed by atoms with E-state index in [1.54, 1.807) is 67.4 Å². The zero-order chi connectivity index (χ0) is 32.8. The first-order valence-corrected chi connectivity index (χ1v) is 15.3. The first kappa shape index (κ1) is 31.3. The number of para-hydroxylation sites is 1. The normalized spacial score (nSPS) is 15.3. The van der Waals surface area contributed by atoms with Crippen LogP contribution in [-0.2, 0) is 13.2 Å². The van der Waals surface area contributed by atoms with Crippen molar-refractivity contribution in [2.75, 3.05) is 27.4 Å². The van der Waals surface area contributed by atoms with E-state index in [1.165, 1.54) is 12.1 Å². The Labute approximate surface area is 271 Å². The summed E-state index contributed by atoms with van der Waals surface area (Å²) in [6, 6.07) is 15.3. The molecule has 2 aliphatic heterocycles. The number of carbonyl (C=O) groups is 2. The number of hydrogen-bond donors (Lipinski definition) is 1. The second-order valence-corrected chi connectivity index (χ2v) is 11.1. The van der Waals surface area contributed by atoms with E-state index in [0.29, 0.717) is 59.5 Å². The van der Waals surface area contributed by atoms with Crippen molar-refractivity contribution < 1.29 is 33.6 Å². The number of hydrogen-bond acceptors (Lipinski definition) is 10. The number of ketones is 1. The number of benzene rings is 3. The van der Waals surface area contributed by atoms with Gasteiger partial charge in [0.25, 0.3) is 5.91 Å². The molecule has 3 heterocycles. The number of aliphatic imine (C=N–C) groups is 1. The lowest BCUT2D eigenvalue weighted by molar-refractivity contribution is 0.0774. The first-order valence-electron chi connectivity index (χ1n) is 15.3. The molecule has 12 nitrogen and oxygen atoms in total. The third kappa shape index (κ3) is 7.11. The van der Waals surface area contributed by atoms with Crippen LogP contribution in [0.1, 0.15) is 51.2 Å². The summed E-state index contributed by atoms with van der Waals surface area (Å²) >= 11 is 0. The van der Waals surface area contributed by atoms with Gasteiger partial charge in [-0.05, 0) is 54.8 Å². The van der Waals surface area contributed by atoms with E-state index in [-0.39, 0.29) is 35.7 Å². The van der Waals surface area contributed by atoms with E-state index in [9.17, 15) is 14.7 Å². The number of nitrogens with zero attached hydrogens (tertiary/aromatic N) is 5. The minimum absolute atomic E-state index is 0.0247. The van der Waals surface area contributed by atoms with Gasteiger partial charge < -0.3 is 29.0 Å². The molecule has 0 unspecified atom stereocenters. The molecule has 1 atom stereocenters. The molecular formula is C35H35N5O7. The van der Waals surface area contributed by atoms with Crippen molar-refractivity contribution in [2.45, 2.75) is 38.5 Å². The topological polar surface area (TPSA) is 138 Å². The first-order chi connectivity index (χ1) is 22.9. The second kappa shape index (κ2) is 14.2. The summed E-state index contributed by atoms with van der Waals surface area (Å²) in [5, 5.41) is 18.3. The van der Waals surface area contributed by atoms with Crippen LogP contribution >= 0.6 is 0 Å². The monoisotopic (exact) mass is 637 g/mol. The van der Waals surface area contributed by atoms with Crippen LogP contribution in [0.25, 0.3) is 6.08 Å². The molecule has 2 aliphatic rings. The van der Waals surface area contributed by atoms with Gasteiger partial charge in [-0.25, -0.2) is 0 Å². The summed E-state index contributed by atoms with van der Waals surface area (Å²) < 4.78 is 24.7. The molecule has 3 aromatic carbocycles. The number of aromatic nitrogens is 3. The summed E-state index contributed by atoms with van der Waals surface area (Å²) in [4.78, 5) is 32.0. The fraction of sp³-hybridized carbons (Fsp3) is 0.286. The van der Waals surface area contributed by atoms with E-state index in [2.05, 4.69) is 15.3 Å². The molecule has 47 heavy (non-hydrogen) atoms. The Morgan fingerprint density at radius 3 is 2.68 bits per heavy atom. The highest BCUT2D eigenvalue weighted by molar-refractivity contribution is 6.08. The Morgan fingerprint density at radius 2 is 1.85 bits per heavy atom. The highest BCUT2D eigenvalue weighted by Gasteiger charge is 2.32. The van der Waals surface area contributed by atoms with E-state index in [1.807, 2.05) is 23.4 Å². The Morgan fingerprint density at radius 1 is 1.02 bits per heavy atom. The molecule has 1 amide bonds. The van der Waals surface area contributed by atoms with Crippen LogP contribution in [0.4, 0.5) is 5.69 Å². The summed E-state index contributed by atoms with van der Waals surface area (Å²) in [6.07, 6.45) is 9.27. The zero-order valence-electron chi connectivity index (χ0n) is 26.2. The zero-order valence-corrected chi connectivity index (χ0v) is 26.2. The van der Waals surface area contributed by atoms with Gasteiger partial charge in [-0.15, -0.1) is 5.10 Å². The molecule has 1 saturated heterocycles. The van der Waals surface area contributed by atoms with E-state index in [4.69, 9.17) is 18.9 Å². The Bertz CT molecular complexity index is 1830. The Kier molecular flexibility index (Phi) is 9.46. The van der Waals surface area contributed by atoms with E-state index in [0.717, 1.165) is 24.9 Å². The van der Waals surface area contributed by atoms with Gasteiger partial charge in [-0.3, -0.25) is 19.3 Å². The summed E-state index contributed by atoms with van der Waals surface area (Å²) in [5.74, 6) is 1.63. The van der Waals surface area contributed by atoms with Crippen LogP contribution in [-0.4, -0.2) is 76.3 Å². The third-order valence-electron chi connectivity index (χ3n) is 7.99. The largest absolute Gasteiger partial charge is 0.507 e. The highest BCUT2D eigenvalue weighted by atomic mass is 16.5.